The number of rotatable bonds is 6. The van der Waals surface area contributed by atoms with E-state index in [1.165, 1.54) is 12.3 Å². The predicted molar refractivity (Wildman–Crippen MR) is 56.6 cm³/mol. The Labute approximate surface area is 89.2 Å². The van der Waals surface area contributed by atoms with E-state index in [1.807, 2.05) is 6.92 Å². The molecule has 1 aromatic rings. The Morgan fingerprint density at radius 1 is 1.47 bits per heavy atom. The van der Waals surface area contributed by atoms with Gasteiger partial charge in [-0.15, -0.1) is 0 Å². The maximum absolute atomic E-state index is 11.4. The molecule has 5 heteroatoms. The van der Waals surface area contributed by atoms with Crippen LogP contribution in [0.15, 0.2) is 22.8 Å². The van der Waals surface area contributed by atoms with Crippen LogP contribution in [-0.4, -0.2) is 25.7 Å². The summed E-state index contributed by atoms with van der Waals surface area (Å²) in [5.41, 5.74) is 0. The number of furan rings is 1. The van der Waals surface area contributed by atoms with Crippen LogP contribution in [0.2, 0.25) is 0 Å². The summed E-state index contributed by atoms with van der Waals surface area (Å²) >= 11 is 0. The minimum atomic E-state index is -3.28. The summed E-state index contributed by atoms with van der Waals surface area (Å²) in [6, 6.07) is 3.03. The summed E-state index contributed by atoms with van der Waals surface area (Å²) in [7, 11) is -3.28. The zero-order valence-corrected chi connectivity index (χ0v) is 9.42. The second kappa shape index (κ2) is 5.11. The number of carbonyl (C=O) groups excluding carboxylic acids is 1. The molecule has 0 saturated carbocycles. The highest BCUT2D eigenvalue weighted by Crippen LogP contribution is 2.05. The van der Waals surface area contributed by atoms with Crippen molar-refractivity contribution < 1.29 is 17.6 Å². The summed E-state index contributed by atoms with van der Waals surface area (Å²) < 4.78 is 27.7. The van der Waals surface area contributed by atoms with Gasteiger partial charge in [0.25, 0.3) is 0 Å². The van der Waals surface area contributed by atoms with Crippen LogP contribution in [-0.2, 0) is 9.84 Å². The van der Waals surface area contributed by atoms with E-state index in [2.05, 4.69) is 0 Å². The van der Waals surface area contributed by atoms with Gasteiger partial charge >= 0.3 is 0 Å². The fourth-order valence-corrected chi connectivity index (χ4v) is 2.56. The van der Waals surface area contributed by atoms with Gasteiger partial charge < -0.3 is 4.42 Å². The number of Topliss-reactive ketones (excluding diaryl/α,β-unsaturated/α-hetero) is 1. The summed E-state index contributed by atoms with van der Waals surface area (Å²) in [4.78, 5) is 11.4. The summed E-state index contributed by atoms with van der Waals surface area (Å²) in [5.74, 6) is -0.762. The van der Waals surface area contributed by atoms with Crippen molar-refractivity contribution in [2.75, 3.05) is 11.5 Å². The molecule has 4 nitrogen and oxygen atoms in total. The van der Waals surface area contributed by atoms with Gasteiger partial charge in [0.15, 0.2) is 15.6 Å². The Bertz CT molecular complexity index is 403. The number of unbranched alkanes of at least 4 members (excludes halogenated alkanes) is 1. The lowest BCUT2D eigenvalue weighted by Gasteiger charge is -2.00. The van der Waals surface area contributed by atoms with E-state index in [1.54, 1.807) is 6.07 Å². The molecule has 0 bridgehead atoms. The fourth-order valence-electron chi connectivity index (χ4n) is 1.14. The van der Waals surface area contributed by atoms with Crippen molar-refractivity contribution in [3.63, 3.8) is 0 Å². The number of ketones is 1. The molecule has 1 aromatic heterocycles. The summed E-state index contributed by atoms with van der Waals surface area (Å²) in [6.07, 6.45) is 2.74. The summed E-state index contributed by atoms with van der Waals surface area (Å²) in [5, 5.41) is 0. The Hall–Kier alpha value is -1.10. The van der Waals surface area contributed by atoms with Crippen LogP contribution < -0.4 is 0 Å². The molecule has 0 N–H and O–H groups in total. The van der Waals surface area contributed by atoms with Gasteiger partial charge in [-0.3, -0.25) is 4.79 Å². The summed E-state index contributed by atoms with van der Waals surface area (Å²) in [6.45, 7) is 1.91. The van der Waals surface area contributed by atoms with Crippen molar-refractivity contribution in [2.24, 2.45) is 0 Å². The second-order valence-corrected chi connectivity index (χ2v) is 5.53. The Morgan fingerprint density at radius 3 is 2.73 bits per heavy atom. The Morgan fingerprint density at radius 2 is 2.20 bits per heavy atom. The van der Waals surface area contributed by atoms with E-state index < -0.39 is 21.4 Å². The zero-order valence-electron chi connectivity index (χ0n) is 8.60. The molecule has 0 saturated heterocycles. The van der Waals surface area contributed by atoms with Crippen molar-refractivity contribution in [1.29, 1.82) is 0 Å². The van der Waals surface area contributed by atoms with Crippen molar-refractivity contribution >= 4 is 15.6 Å². The minimum Gasteiger partial charge on any atom is -0.461 e. The molecular weight excluding hydrogens is 216 g/mol. The maximum Gasteiger partial charge on any atom is 0.212 e. The average molecular weight is 230 g/mol. The van der Waals surface area contributed by atoms with Gasteiger partial charge in [0.05, 0.1) is 12.0 Å². The molecule has 0 aliphatic rings. The molecule has 0 unspecified atom stereocenters. The van der Waals surface area contributed by atoms with E-state index in [0.717, 1.165) is 6.42 Å². The fraction of sp³-hybridized carbons (Fsp3) is 0.500. The molecule has 0 spiro atoms. The van der Waals surface area contributed by atoms with E-state index in [9.17, 15) is 13.2 Å². The molecule has 0 amide bonds. The highest BCUT2D eigenvalue weighted by Gasteiger charge is 2.18. The highest BCUT2D eigenvalue weighted by molar-refractivity contribution is 7.92. The van der Waals surface area contributed by atoms with Crippen LogP contribution in [0.1, 0.15) is 30.3 Å². The second-order valence-electron chi connectivity index (χ2n) is 3.35. The van der Waals surface area contributed by atoms with Crippen LogP contribution in [0.3, 0.4) is 0 Å². The van der Waals surface area contributed by atoms with Gasteiger partial charge in [-0.1, -0.05) is 13.3 Å². The predicted octanol–water partition coefficient (Wildman–Crippen LogP) is 1.68. The minimum absolute atomic E-state index is 0.0654. The molecule has 0 aromatic carbocycles. The van der Waals surface area contributed by atoms with Crippen LogP contribution in [0, 0.1) is 0 Å². The molecule has 84 valence electrons. The van der Waals surface area contributed by atoms with E-state index >= 15 is 0 Å². The molecular formula is C10H14O4S. The van der Waals surface area contributed by atoms with E-state index in [4.69, 9.17) is 4.42 Å². The molecule has 0 aliphatic carbocycles. The van der Waals surface area contributed by atoms with Gasteiger partial charge in [0.2, 0.25) is 5.78 Å². The number of sulfone groups is 1. The van der Waals surface area contributed by atoms with Crippen LogP contribution in [0.5, 0.6) is 0 Å². The molecule has 0 fully saturated rings. The van der Waals surface area contributed by atoms with Gasteiger partial charge in [0, 0.05) is 0 Å². The van der Waals surface area contributed by atoms with E-state index in [0.29, 0.717) is 6.42 Å². The highest BCUT2D eigenvalue weighted by atomic mass is 32.2. The van der Waals surface area contributed by atoms with Gasteiger partial charge in [0.1, 0.15) is 5.75 Å². The van der Waals surface area contributed by atoms with Gasteiger partial charge in [-0.2, -0.15) is 0 Å². The lowest BCUT2D eigenvalue weighted by atomic mass is 10.3. The average Bonchev–Trinajstić information content (AvgIpc) is 2.67. The van der Waals surface area contributed by atoms with Gasteiger partial charge in [-0.05, 0) is 18.6 Å². The van der Waals surface area contributed by atoms with Gasteiger partial charge in [-0.25, -0.2) is 8.42 Å². The molecule has 0 atom stereocenters. The first kappa shape index (κ1) is 12.0. The molecule has 0 radical (unpaired) electrons. The van der Waals surface area contributed by atoms with Crippen molar-refractivity contribution in [3.05, 3.63) is 24.2 Å². The first-order valence-electron chi connectivity index (χ1n) is 4.82. The molecule has 0 aliphatic heterocycles. The molecule has 1 rings (SSSR count). The number of hydrogen-bond donors (Lipinski definition) is 0. The van der Waals surface area contributed by atoms with E-state index in [-0.39, 0.29) is 11.5 Å². The SMILES string of the molecule is CCCCS(=O)(=O)CC(=O)c1ccco1. The molecule has 1 heterocycles. The first-order valence-corrected chi connectivity index (χ1v) is 6.64. The normalized spacial score (nSPS) is 11.5. The third kappa shape index (κ3) is 3.87. The Balaban J connectivity index is 2.58. The lowest BCUT2D eigenvalue weighted by Crippen LogP contribution is -2.18. The van der Waals surface area contributed by atoms with Crippen LogP contribution in [0.4, 0.5) is 0 Å². The smallest absolute Gasteiger partial charge is 0.212 e. The van der Waals surface area contributed by atoms with Crippen molar-refractivity contribution in [1.82, 2.24) is 0 Å². The maximum atomic E-state index is 11.4. The zero-order chi connectivity index (χ0) is 11.3. The largest absolute Gasteiger partial charge is 0.461 e. The van der Waals surface area contributed by atoms with Crippen LogP contribution in [0.25, 0.3) is 0 Å². The third-order valence-corrected chi connectivity index (χ3v) is 3.57. The quantitative estimate of drug-likeness (QED) is 0.697. The number of hydrogen-bond acceptors (Lipinski definition) is 4. The topological polar surface area (TPSA) is 64.3 Å². The Kier molecular flexibility index (Phi) is 4.08. The standard InChI is InChI=1S/C10H14O4S/c1-2-3-7-15(12,13)8-9(11)10-5-4-6-14-10/h4-6H,2-3,7-8H2,1H3. The van der Waals surface area contributed by atoms with Crippen LogP contribution >= 0.6 is 0 Å². The lowest BCUT2D eigenvalue weighted by molar-refractivity contribution is 0.0990. The third-order valence-electron chi connectivity index (χ3n) is 1.96. The van der Waals surface area contributed by atoms with Crippen molar-refractivity contribution in [3.8, 4) is 0 Å². The monoisotopic (exact) mass is 230 g/mol. The first-order chi connectivity index (χ1) is 7.05. The molecule has 15 heavy (non-hydrogen) atoms. The van der Waals surface area contributed by atoms with Crippen molar-refractivity contribution in [2.45, 2.75) is 19.8 Å². The number of carbonyl (C=O) groups is 1.